The first-order chi connectivity index (χ1) is 22.5. The molecular weight excluding hydrogens is 580 g/mol. The average molecular weight is 629 g/mol. The molecule has 244 valence electrons. The molecule has 0 spiro atoms. The number of imidazole rings is 2. The van der Waals surface area contributed by atoms with E-state index in [1.807, 2.05) is 49.1 Å². The highest BCUT2D eigenvalue weighted by Crippen LogP contribution is 2.36. The zero-order valence-corrected chi connectivity index (χ0v) is 28.1. The van der Waals surface area contributed by atoms with Gasteiger partial charge in [0.15, 0.2) is 0 Å². The highest BCUT2D eigenvalue weighted by atomic mass is 16.5. The lowest BCUT2D eigenvalue weighted by Gasteiger charge is -2.34. The van der Waals surface area contributed by atoms with E-state index in [4.69, 9.17) is 9.47 Å². The van der Waals surface area contributed by atoms with E-state index in [0.29, 0.717) is 0 Å². The summed E-state index contributed by atoms with van der Waals surface area (Å²) in [6, 6.07) is 12.2. The molecule has 1 aliphatic rings. The first kappa shape index (κ1) is 32.6. The Bertz CT molecular complexity index is 1480. The topological polar surface area (TPSA) is 92.0 Å². The number of hydrogen-bond acceptors (Lipinski definition) is 8. The van der Waals surface area contributed by atoms with E-state index in [1.54, 1.807) is 14.2 Å². The van der Waals surface area contributed by atoms with Gasteiger partial charge >= 0.3 is 11.9 Å². The van der Waals surface area contributed by atoms with Crippen molar-refractivity contribution in [3.8, 4) is 11.5 Å². The quantitative estimate of drug-likeness (QED) is 0.126. The van der Waals surface area contributed by atoms with Crippen LogP contribution in [0.15, 0.2) is 81.6 Å². The lowest BCUT2D eigenvalue weighted by molar-refractivity contribution is -0.680. The van der Waals surface area contributed by atoms with Crippen molar-refractivity contribution in [2.75, 3.05) is 50.2 Å². The standard InChI is InChI=1S/C34H48N10O2/c1-7-39-21-22-40(8-2)33(39)37-35-27-13-15-29(31(25-27)45-5)43-17-11-19-44(20-12-18-43)30-16-14-28(26-32(30)46-6)36-38-34-41(9-3)23-24-42(34)10-4/h13-16,21-26H,7-12,17-20H2,1-6H3/q+2. The summed E-state index contributed by atoms with van der Waals surface area (Å²) in [6.45, 7) is 15.4. The molecule has 0 N–H and O–H groups in total. The number of hydrogen-bond donors (Lipinski definition) is 0. The molecule has 0 amide bonds. The number of nitrogens with zero attached hydrogens (tertiary/aromatic N) is 10. The van der Waals surface area contributed by atoms with Gasteiger partial charge in [0, 0.05) is 48.5 Å². The van der Waals surface area contributed by atoms with Gasteiger partial charge in [0.05, 0.1) is 76.6 Å². The summed E-state index contributed by atoms with van der Waals surface area (Å²) in [7, 11) is 3.44. The smallest absolute Gasteiger partial charge is 0.421 e. The van der Waals surface area contributed by atoms with Gasteiger partial charge in [-0.05, 0) is 64.8 Å². The monoisotopic (exact) mass is 628 g/mol. The van der Waals surface area contributed by atoms with E-state index in [2.05, 4.69) is 88.4 Å². The Morgan fingerprint density at radius 3 is 1.37 bits per heavy atom. The van der Waals surface area contributed by atoms with Crippen molar-refractivity contribution in [2.45, 2.75) is 66.7 Å². The molecule has 46 heavy (non-hydrogen) atoms. The maximum absolute atomic E-state index is 5.84. The Kier molecular flexibility index (Phi) is 11.0. The molecule has 2 aromatic heterocycles. The molecule has 0 atom stereocenters. The predicted molar refractivity (Wildman–Crippen MR) is 180 cm³/mol. The minimum absolute atomic E-state index is 0.768. The van der Waals surface area contributed by atoms with Gasteiger partial charge in [0.2, 0.25) is 0 Å². The summed E-state index contributed by atoms with van der Waals surface area (Å²) in [6.07, 6.45) is 10.1. The van der Waals surface area contributed by atoms with Crippen LogP contribution in [0.2, 0.25) is 0 Å². The summed E-state index contributed by atoms with van der Waals surface area (Å²) >= 11 is 0. The molecule has 2 aromatic carbocycles. The predicted octanol–water partition coefficient (Wildman–Crippen LogP) is 6.90. The van der Waals surface area contributed by atoms with Crippen LogP contribution in [-0.2, 0) is 26.2 Å². The van der Waals surface area contributed by atoms with Crippen LogP contribution in [0.3, 0.4) is 0 Å². The van der Waals surface area contributed by atoms with Crippen LogP contribution in [-0.4, -0.2) is 49.5 Å². The summed E-state index contributed by atoms with van der Waals surface area (Å²) in [4.78, 5) is 4.83. The maximum atomic E-state index is 5.84. The van der Waals surface area contributed by atoms with Crippen LogP contribution >= 0.6 is 0 Å². The molecule has 5 rings (SSSR count). The second-order valence-electron chi connectivity index (χ2n) is 11.1. The van der Waals surface area contributed by atoms with E-state index in [0.717, 1.165) is 111 Å². The van der Waals surface area contributed by atoms with Crippen molar-refractivity contribution >= 4 is 34.6 Å². The van der Waals surface area contributed by atoms with Crippen LogP contribution < -0.4 is 28.4 Å². The minimum Gasteiger partial charge on any atom is -0.495 e. The molecular formula is C34H48N10O2+2. The Labute approximate surface area is 272 Å². The van der Waals surface area contributed by atoms with Crippen LogP contribution in [0, 0.1) is 0 Å². The second-order valence-corrected chi connectivity index (χ2v) is 11.1. The van der Waals surface area contributed by atoms with Gasteiger partial charge < -0.3 is 19.3 Å². The average Bonchev–Trinajstić information content (AvgIpc) is 3.69. The van der Waals surface area contributed by atoms with Crippen molar-refractivity contribution in [3.63, 3.8) is 0 Å². The van der Waals surface area contributed by atoms with Crippen molar-refractivity contribution in [2.24, 2.45) is 20.5 Å². The van der Waals surface area contributed by atoms with E-state index >= 15 is 0 Å². The molecule has 1 fully saturated rings. The fourth-order valence-electron chi connectivity index (χ4n) is 5.93. The van der Waals surface area contributed by atoms with Gasteiger partial charge in [-0.3, -0.25) is 0 Å². The zero-order chi connectivity index (χ0) is 32.5. The first-order valence-corrected chi connectivity index (χ1v) is 16.4. The van der Waals surface area contributed by atoms with E-state index in [-0.39, 0.29) is 0 Å². The number of azo groups is 2. The fourth-order valence-corrected chi connectivity index (χ4v) is 5.93. The van der Waals surface area contributed by atoms with Gasteiger partial charge in [0.1, 0.15) is 22.9 Å². The first-order valence-electron chi connectivity index (χ1n) is 16.4. The lowest BCUT2D eigenvalue weighted by atomic mass is 10.1. The molecule has 0 saturated carbocycles. The third-order valence-electron chi connectivity index (χ3n) is 8.47. The molecule has 1 aliphatic heterocycles. The van der Waals surface area contributed by atoms with Gasteiger partial charge in [-0.1, -0.05) is 10.2 Å². The Hall–Kier alpha value is -4.74. The van der Waals surface area contributed by atoms with Gasteiger partial charge in [-0.2, -0.15) is 0 Å². The number of rotatable bonds is 12. The highest BCUT2D eigenvalue weighted by Gasteiger charge is 2.21. The summed E-state index contributed by atoms with van der Waals surface area (Å²) in [5.74, 6) is 3.30. The molecule has 0 bridgehead atoms. The second kappa shape index (κ2) is 15.5. The molecule has 0 radical (unpaired) electrons. The van der Waals surface area contributed by atoms with Crippen LogP contribution in [0.1, 0.15) is 40.5 Å². The van der Waals surface area contributed by atoms with E-state index < -0.39 is 0 Å². The zero-order valence-electron chi connectivity index (χ0n) is 28.1. The normalized spacial score (nSPS) is 14.3. The van der Waals surface area contributed by atoms with Gasteiger partial charge in [-0.15, -0.1) is 0 Å². The molecule has 12 nitrogen and oxygen atoms in total. The highest BCUT2D eigenvalue weighted by molar-refractivity contribution is 5.65. The molecule has 1 saturated heterocycles. The van der Waals surface area contributed by atoms with Crippen LogP contribution in [0.25, 0.3) is 0 Å². The Morgan fingerprint density at radius 1 is 0.609 bits per heavy atom. The Morgan fingerprint density at radius 2 is 1.02 bits per heavy atom. The summed E-state index contributed by atoms with van der Waals surface area (Å²) in [5, 5.41) is 18.2. The van der Waals surface area contributed by atoms with Crippen LogP contribution in [0.4, 0.5) is 34.6 Å². The number of benzene rings is 2. The third kappa shape index (κ3) is 7.21. The number of aromatic nitrogens is 4. The molecule has 4 aromatic rings. The van der Waals surface area contributed by atoms with Crippen molar-refractivity contribution < 1.29 is 18.6 Å². The van der Waals surface area contributed by atoms with E-state index in [1.165, 1.54) is 0 Å². The van der Waals surface area contributed by atoms with Crippen LogP contribution in [0.5, 0.6) is 11.5 Å². The fraction of sp³-hybridized carbons (Fsp3) is 0.471. The summed E-state index contributed by atoms with van der Waals surface area (Å²) < 4.78 is 20.0. The van der Waals surface area contributed by atoms with E-state index in [9.17, 15) is 0 Å². The lowest BCUT2D eigenvalue weighted by Crippen LogP contribution is -2.37. The van der Waals surface area contributed by atoms with Gasteiger partial charge in [0.25, 0.3) is 0 Å². The molecule has 12 heteroatoms. The van der Waals surface area contributed by atoms with Crippen molar-refractivity contribution in [1.82, 2.24) is 9.13 Å². The van der Waals surface area contributed by atoms with Crippen molar-refractivity contribution in [3.05, 3.63) is 61.2 Å². The van der Waals surface area contributed by atoms with Gasteiger partial charge in [-0.25, -0.2) is 18.3 Å². The summed E-state index contributed by atoms with van der Waals surface area (Å²) in [5.41, 5.74) is 3.70. The molecule has 0 aliphatic carbocycles. The molecule has 3 heterocycles. The SMILES string of the molecule is CCn1cc[n+](CC)c1/N=N/c1ccc(N2CCCN(c3ccc(/N=N/c4n(CC)cc[n+]4CC)cc3OC)CCC2)c(OC)c1. The minimum atomic E-state index is 0.768. The molecule has 0 unspecified atom stereocenters. The third-order valence-corrected chi connectivity index (χ3v) is 8.47. The maximum Gasteiger partial charge on any atom is 0.421 e. The number of aryl methyl sites for hydroxylation is 4. The Balaban J connectivity index is 1.25. The number of methoxy groups -OCH3 is 2. The number of ether oxygens (including phenoxy) is 2. The number of anilines is 2. The van der Waals surface area contributed by atoms with Crippen molar-refractivity contribution in [1.29, 1.82) is 0 Å². The largest absolute Gasteiger partial charge is 0.495 e.